The van der Waals surface area contributed by atoms with E-state index >= 15 is 0 Å². The summed E-state index contributed by atoms with van der Waals surface area (Å²) in [5.74, 6) is 0.393. The third kappa shape index (κ3) is 8.34. The summed E-state index contributed by atoms with van der Waals surface area (Å²) in [6.07, 6.45) is 0.114. The number of aromatic nitrogens is 1. The third-order valence-electron chi connectivity index (χ3n) is 7.52. The third-order valence-corrected chi connectivity index (χ3v) is 8.03. The Kier molecular flexibility index (Phi) is 10.4. The molecule has 2 aliphatic rings. The average Bonchev–Trinajstić information content (AvgIpc) is 2.92. The van der Waals surface area contributed by atoms with Crippen molar-refractivity contribution in [3.05, 3.63) is 57.5 Å². The lowest BCUT2D eigenvalue weighted by Crippen LogP contribution is -2.58. The van der Waals surface area contributed by atoms with E-state index in [-0.39, 0.29) is 12.4 Å². The van der Waals surface area contributed by atoms with E-state index in [0.29, 0.717) is 45.6 Å². The standard InChI is InChI=1S/C27H34Cl2F4N6O/c1-2-21-16-38(25-23(29)11-18(13-34-25)14-35-26(40)36-17-27(31,32)33)9-10-39(21)22-5-7-37(8-6-22)15-19-3-4-20(28)12-24(19)30/h3-4,11-13,21-22H,2,5-10,14-17H2,1H3,(H2,35,36,40)/t21-/m0/s1. The molecule has 1 aromatic carbocycles. The largest absolute Gasteiger partial charge is 0.405 e. The number of nitrogens with zero attached hydrogens (tertiary/aromatic N) is 4. The molecular formula is C27H34Cl2F4N6O. The molecule has 0 aliphatic carbocycles. The van der Waals surface area contributed by atoms with Gasteiger partial charge in [-0.15, -0.1) is 0 Å². The molecular weight excluding hydrogens is 571 g/mol. The average molecular weight is 606 g/mol. The van der Waals surface area contributed by atoms with E-state index in [2.05, 4.69) is 31.9 Å². The lowest BCUT2D eigenvalue weighted by molar-refractivity contribution is -0.122. The molecule has 2 aliphatic heterocycles. The first-order valence-corrected chi connectivity index (χ1v) is 14.2. The summed E-state index contributed by atoms with van der Waals surface area (Å²) in [5, 5.41) is 4.98. The summed E-state index contributed by atoms with van der Waals surface area (Å²) >= 11 is 12.4. The van der Waals surface area contributed by atoms with Gasteiger partial charge in [0.25, 0.3) is 0 Å². The topological polar surface area (TPSA) is 63.7 Å². The molecule has 2 amide bonds. The normalized spacial score (nSPS) is 19.6. The molecule has 2 aromatic rings. The minimum Gasteiger partial charge on any atom is -0.353 e. The molecule has 2 saturated heterocycles. The second-order valence-electron chi connectivity index (χ2n) is 10.3. The van der Waals surface area contributed by atoms with E-state index in [1.807, 2.05) is 0 Å². The second kappa shape index (κ2) is 13.5. The molecule has 7 nitrogen and oxygen atoms in total. The minimum absolute atomic E-state index is 0.00537. The van der Waals surface area contributed by atoms with Gasteiger partial charge >= 0.3 is 12.2 Å². The first-order valence-electron chi connectivity index (χ1n) is 13.4. The molecule has 40 heavy (non-hydrogen) atoms. The Labute approximate surface area is 241 Å². The van der Waals surface area contributed by atoms with Crippen LogP contribution in [0.15, 0.2) is 30.5 Å². The number of hydrogen-bond donors (Lipinski definition) is 2. The number of carbonyl (C=O) groups is 1. The van der Waals surface area contributed by atoms with Crippen molar-refractivity contribution in [3.63, 3.8) is 0 Å². The van der Waals surface area contributed by atoms with E-state index in [1.165, 1.54) is 6.07 Å². The van der Waals surface area contributed by atoms with Gasteiger partial charge in [-0.3, -0.25) is 9.80 Å². The molecule has 1 atom stereocenters. The van der Waals surface area contributed by atoms with Crippen LogP contribution in [0, 0.1) is 5.82 Å². The minimum atomic E-state index is -4.47. The number of benzene rings is 1. The predicted octanol–water partition coefficient (Wildman–Crippen LogP) is 5.45. The SMILES string of the molecule is CC[C@H]1CN(c2ncc(CNC(=O)NCC(F)(F)F)cc2Cl)CCN1C1CCN(Cc2ccc(Cl)cc2F)CC1. The van der Waals surface area contributed by atoms with Gasteiger partial charge in [-0.05, 0) is 56.1 Å². The number of pyridine rings is 1. The van der Waals surface area contributed by atoms with E-state index in [0.717, 1.165) is 52.0 Å². The van der Waals surface area contributed by atoms with Crippen molar-refractivity contribution in [1.29, 1.82) is 0 Å². The zero-order valence-corrected chi connectivity index (χ0v) is 23.8. The zero-order chi connectivity index (χ0) is 28.9. The number of nitrogens with one attached hydrogen (secondary N) is 2. The van der Waals surface area contributed by atoms with Crippen LogP contribution in [0.3, 0.4) is 0 Å². The van der Waals surface area contributed by atoms with Gasteiger partial charge in [-0.2, -0.15) is 13.2 Å². The highest BCUT2D eigenvalue weighted by molar-refractivity contribution is 6.33. The molecule has 3 heterocycles. The summed E-state index contributed by atoms with van der Waals surface area (Å²) in [5.41, 5.74) is 1.26. The maximum absolute atomic E-state index is 14.2. The van der Waals surface area contributed by atoms with E-state index in [9.17, 15) is 22.4 Å². The Morgan fingerprint density at radius 2 is 1.85 bits per heavy atom. The molecule has 2 N–H and O–H groups in total. The fourth-order valence-electron chi connectivity index (χ4n) is 5.43. The van der Waals surface area contributed by atoms with Gasteiger partial charge in [0.2, 0.25) is 0 Å². The van der Waals surface area contributed by atoms with Crippen LogP contribution in [0.1, 0.15) is 37.3 Å². The van der Waals surface area contributed by atoms with Gasteiger partial charge in [0.1, 0.15) is 18.2 Å². The maximum Gasteiger partial charge on any atom is 0.405 e. The molecule has 0 unspecified atom stereocenters. The number of hydrogen-bond acceptors (Lipinski definition) is 5. The van der Waals surface area contributed by atoms with Crippen molar-refractivity contribution in [2.45, 2.75) is 57.5 Å². The summed E-state index contributed by atoms with van der Waals surface area (Å²) in [6, 6.07) is 6.40. The summed E-state index contributed by atoms with van der Waals surface area (Å²) in [4.78, 5) is 23.2. The molecule has 2 fully saturated rings. The molecule has 13 heteroatoms. The number of halogens is 6. The van der Waals surface area contributed by atoms with Crippen LogP contribution in [-0.2, 0) is 13.1 Å². The van der Waals surface area contributed by atoms with Gasteiger partial charge in [0, 0.05) is 61.6 Å². The number of piperidine rings is 1. The molecule has 0 radical (unpaired) electrons. The Morgan fingerprint density at radius 3 is 2.50 bits per heavy atom. The number of alkyl halides is 3. The van der Waals surface area contributed by atoms with Crippen molar-refractivity contribution in [2.24, 2.45) is 0 Å². The quantitative estimate of drug-likeness (QED) is 0.392. The molecule has 4 rings (SSSR count). The number of urea groups is 1. The summed E-state index contributed by atoms with van der Waals surface area (Å²) < 4.78 is 51.0. The van der Waals surface area contributed by atoms with Crippen LogP contribution in [0.4, 0.5) is 28.2 Å². The van der Waals surface area contributed by atoms with Gasteiger partial charge in [-0.1, -0.05) is 36.2 Å². The first-order chi connectivity index (χ1) is 19.0. The second-order valence-corrected chi connectivity index (χ2v) is 11.1. The highest BCUT2D eigenvalue weighted by Crippen LogP contribution is 2.30. The monoisotopic (exact) mass is 604 g/mol. The fraction of sp³-hybridized carbons (Fsp3) is 0.556. The van der Waals surface area contributed by atoms with Crippen molar-refractivity contribution in [1.82, 2.24) is 25.4 Å². The molecule has 1 aromatic heterocycles. The van der Waals surface area contributed by atoms with Crippen molar-refractivity contribution in [2.75, 3.05) is 44.2 Å². The molecule has 220 valence electrons. The maximum atomic E-state index is 14.2. The predicted molar refractivity (Wildman–Crippen MR) is 148 cm³/mol. The lowest BCUT2D eigenvalue weighted by atomic mass is 9.97. The smallest absolute Gasteiger partial charge is 0.353 e. The highest BCUT2D eigenvalue weighted by Gasteiger charge is 2.34. The van der Waals surface area contributed by atoms with Crippen LogP contribution in [0.5, 0.6) is 0 Å². The van der Waals surface area contributed by atoms with Crippen LogP contribution >= 0.6 is 23.2 Å². The first kappa shape index (κ1) is 30.6. The van der Waals surface area contributed by atoms with E-state index in [1.54, 1.807) is 29.7 Å². The Hall–Kier alpha value is -2.34. The molecule has 0 saturated carbocycles. The van der Waals surface area contributed by atoms with Gasteiger partial charge in [0.15, 0.2) is 0 Å². The number of rotatable bonds is 8. The highest BCUT2D eigenvalue weighted by atomic mass is 35.5. The van der Waals surface area contributed by atoms with E-state index in [4.69, 9.17) is 23.2 Å². The number of likely N-dealkylation sites (tertiary alicyclic amines) is 1. The number of amides is 2. The molecule has 0 spiro atoms. The Balaban J connectivity index is 1.27. The number of piperazine rings is 1. The van der Waals surface area contributed by atoms with Gasteiger partial charge < -0.3 is 15.5 Å². The van der Waals surface area contributed by atoms with E-state index < -0.39 is 18.8 Å². The number of carbonyl (C=O) groups excluding carboxylic acids is 1. The Morgan fingerprint density at radius 1 is 1.10 bits per heavy atom. The van der Waals surface area contributed by atoms with Crippen LogP contribution < -0.4 is 15.5 Å². The van der Waals surface area contributed by atoms with Gasteiger partial charge in [0.05, 0.1) is 5.02 Å². The summed E-state index contributed by atoms with van der Waals surface area (Å²) in [6.45, 7) is 5.57. The van der Waals surface area contributed by atoms with Crippen LogP contribution in [0.25, 0.3) is 0 Å². The zero-order valence-electron chi connectivity index (χ0n) is 22.3. The Bertz CT molecular complexity index is 1160. The molecule has 0 bridgehead atoms. The van der Waals surface area contributed by atoms with Crippen molar-refractivity contribution >= 4 is 35.1 Å². The number of anilines is 1. The van der Waals surface area contributed by atoms with Crippen molar-refractivity contribution < 1.29 is 22.4 Å². The van der Waals surface area contributed by atoms with Crippen molar-refractivity contribution in [3.8, 4) is 0 Å². The summed E-state index contributed by atoms with van der Waals surface area (Å²) in [7, 11) is 0. The van der Waals surface area contributed by atoms with Gasteiger partial charge in [-0.25, -0.2) is 14.2 Å². The van der Waals surface area contributed by atoms with Crippen LogP contribution in [-0.4, -0.2) is 78.3 Å². The fourth-order valence-corrected chi connectivity index (χ4v) is 5.90. The lowest BCUT2D eigenvalue weighted by Gasteiger charge is -2.47. The van der Waals surface area contributed by atoms with Crippen LogP contribution in [0.2, 0.25) is 10.0 Å².